The predicted octanol–water partition coefficient (Wildman–Crippen LogP) is -0.177. The normalized spacial score (nSPS) is 12.4. The van der Waals surface area contributed by atoms with E-state index in [-0.39, 0.29) is 0 Å². The summed E-state index contributed by atoms with van der Waals surface area (Å²) in [6, 6.07) is 0. The van der Waals surface area contributed by atoms with Gasteiger partial charge in [0.05, 0.1) is 23.6 Å². The van der Waals surface area contributed by atoms with Crippen LogP contribution in [0.5, 0.6) is 0 Å². The fourth-order valence-electron chi connectivity index (χ4n) is 0.711. The Balaban J connectivity index is 3.29. The fraction of sp³-hybridized carbons (Fsp3) is 0.600. The second-order valence-corrected chi connectivity index (χ2v) is 3.46. The van der Waals surface area contributed by atoms with Crippen LogP contribution >= 0.6 is 0 Å². The van der Waals surface area contributed by atoms with E-state index in [1.54, 1.807) is 0 Å². The van der Waals surface area contributed by atoms with Gasteiger partial charge in [0.2, 0.25) is 0 Å². The van der Waals surface area contributed by atoms with Gasteiger partial charge in [-0.15, -0.1) is 0 Å². The van der Waals surface area contributed by atoms with E-state index in [1.807, 2.05) is 0 Å². The second-order valence-electron chi connectivity index (χ2n) is 3.46. The summed E-state index contributed by atoms with van der Waals surface area (Å²) in [6.07, 6.45) is 0. The third-order valence-electron chi connectivity index (χ3n) is 1.85. The number of rotatable bonds is 4. The molecule has 1 heterocycles. The maximum atomic E-state index is 11.4. The van der Waals surface area contributed by atoms with E-state index in [2.05, 4.69) is 14.9 Å². The Bertz CT molecular complexity index is 532. The lowest BCUT2D eigenvalue weighted by atomic mass is 10.3. The molecule has 1 aromatic heterocycles. The molecule has 98 valence electrons. The first-order chi connectivity index (χ1) is 8.17. The van der Waals surface area contributed by atoms with Gasteiger partial charge < -0.3 is 25.2 Å². The Morgan fingerprint density at radius 1 is 1.33 bits per heavy atom. The van der Waals surface area contributed by atoms with Crippen LogP contribution in [-0.4, -0.2) is 25.5 Å². The summed E-state index contributed by atoms with van der Waals surface area (Å²) in [5.41, 5.74) is -2.21. The van der Waals surface area contributed by atoms with E-state index in [9.17, 15) is 30.6 Å². The number of hydrogen-bond donors (Lipinski definition) is 0. The average molecular weight is 262 g/mol. The third-order valence-corrected chi connectivity index (χ3v) is 1.85. The van der Waals surface area contributed by atoms with Gasteiger partial charge in [-0.2, -0.15) is 0 Å². The Kier molecular flexibility index (Phi) is 3.07. The highest BCUT2D eigenvalue weighted by Gasteiger charge is 2.45. The van der Waals surface area contributed by atoms with Crippen molar-refractivity contribution in [2.24, 2.45) is 5.11 Å². The zero-order valence-corrected chi connectivity index (χ0v) is 9.04. The van der Waals surface area contributed by atoms with Crippen LogP contribution in [0.15, 0.2) is 9.74 Å². The molecular formula is C5H6N6O7. The van der Waals surface area contributed by atoms with Crippen molar-refractivity contribution >= 4 is 11.6 Å². The quantitative estimate of drug-likeness (QED) is 0.179. The molecule has 0 atom stereocenters. The van der Waals surface area contributed by atoms with Gasteiger partial charge in [0.15, 0.2) is 5.11 Å². The Hall–Kier alpha value is -2.86. The molecule has 13 nitrogen and oxygen atoms in total. The van der Waals surface area contributed by atoms with Gasteiger partial charge in [0.1, 0.15) is 0 Å². The SMILES string of the molecule is CC(C)([N+](=O)[O-])[N+]([O-])=Nc1c([N+](=O)[O-])no[n+]1[O-]. The number of nitro groups is 2. The molecule has 0 fully saturated rings. The molecule has 0 amide bonds. The first-order valence-electron chi connectivity index (χ1n) is 4.25. The first kappa shape index (κ1) is 13.2. The van der Waals surface area contributed by atoms with Crippen LogP contribution in [0.2, 0.25) is 0 Å². The van der Waals surface area contributed by atoms with Gasteiger partial charge in [-0.1, -0.05) is 0 Å². The minimum absolute atomic E-state index is 0.457. The third kappa shape index (κ3) is 2.13. The summed E-state index contributed by atoms with van der Waals surface area (Å²) >= 11 is 0. The molecule has 0 unspecified atom stereocenters. The molecule has 0 aliphatic heterocycles. The van der Waals surface area contributed by atoms with E-state index >= 15 is 0 Å². The Morgan fingerprint density at radius 2 is 1.89 bits per heavy atom. The Morgan fingerprint density at radius 3 is 2.33 bits per heavy atom. The van der Waals surface area contributed by atoms with Crippen LogP contribution in [-0.2, 0) is 0 Å². The predicted molar refractivity (Wildman–Crippen MR) is 48.9 cm³/mol. The molecule has 0 aromatic carbocycles. The van der Waals surface area contributed by atoms with Crippen LogP contribution in [0.4, 0.5) is 11.6 Å². The number of azo groups is 1. The standard InChI is InChI=1S/C5H6N6O7/c1-5(2,11(16)17)10(15)6-3-4(8(12)13)7-18-9(3)14/h1-2H3. The second kappa shape index (κ2) is 4.19. The molecule has 1 rings (SSSR count). The first-order valence-corrected chi connectivity index (χ1v) is 4.25. The molecule has 0 aliphatic carbocycles. The molecule has 0 radical (unpaired) electrons. The van der Waals surface area contributed by atoms with Gasteiger partial charge in [0, 0.05) is 5.16 Å². The highest BCUT2D eigenvalue weighted by Crippen LogP contribution is 2.22. The van der Waals surface area contributed by atoms with Crippen LogP contribution in [0, 0.1) is 30.6 Å². The zero-order valence-electron chi connectivity index (χ0n) is 9.04. The highest BCUT2D eigenvalue weighted by atomic mass is 16.8. The zero-order chi connectivity index (χ0) is 14.1. The molecule has 0 saturated heterocycles. The molecule has 0 N–H and O–H groups in total. The largest absolute Gasteiger partial charge is 0.582 e. The maximum absolute atomic E-state index is 11.4. The molecule has 0 bridgehead atoms. The fourth-order valence-corrected chi connectivity index (χ4v) is 0.711. The lowest BCUT2D eigenvalue weighted by molar-refractivity contribution is -0.820. The van der Waals surface area contributed by atoms with Crippen LogP contribution in [0.3, 0.4) is 0 Å². The van der Waals surface area contributed by atoms with Gasteiger partial charge in [-0.3, -0.25) is 10.1 Å². The lowest BCUT2D eigenvalue weighted by Crippen LogP contribution is -2.40. The van der Waals surface area contributed by atoms with Crippen LogP contribution in [0.1, 0.15) is 13.8 Å². The van der Waals surface area contributed by atoms with E-state index < -0.39 is 36.9 Å². The molecule has 0 aliphatic rings. The lowest BCUT2D eigenvalue weighted by Gasteiger charge is -2.08. The van der Waals surface area contributed by atoms with Crippen molar-refractivity contribution in [2.45, 2.75) is 19.5 Å². The van der Waals surface area contributed by atoms with E-state index in [0.717, 1.165) is 13.8 Å². The minimum atomic E-state index is -2.21. The van der Waals surface area contributed by atoms with Crippen molar-refractivity contribution < 1.29 is 24.2 Å². The van der Waals surface area contributed by atoms with Crippen LogP contribution < -0.4 is 4.90 Å². The van der Waals surface area contributed by atoms with E-state index in [4.69, 9.17) is 0 Å². The minimum Gasteiger partial charge on any atom is -0.582 e. The summed E-state index contributed by atoms with van der Waals surface area (Å²) < 4.78 is 3.87. The highest BCUT2D eigenvalue weighted by molar-refractivity contribution is 5.37. The maximum Gasteiger partial charge on any atom is 0.459 e. The smallest absolute Gasteiger partial charge is 0.459 e. The van der Waals surface area contributed by atoms with Gasteiger partial charge in [0.25, 0.3) is 0 Å². The van der Waals surface area contributed by atoms with Crippen molar-refractivity contribution in [2.75, 3.05) is 0 Å². The van der Waals surface area contributed by atoms with Crippen molar-refractivity contribution in [1.82, 2.24) is 5.16 Å². The molecule has 0 spiro atoms. The van der Waals surface area contributed by atoms with Crippen molar-refractivity contribution in [3.05, 3.63) is 30.6 Å². The summed E-state index contributed by atoms with van der Waals surface area (Å²) in [7, 11) is 0. The van der Waals surface area contributed by atoms with Crippen molar-refractivity contribution in [3.8, 4) is 0 Å². The average Bonchev–Trinajstić information content (AvgIpc) is 2.60. The molecule has 0 saturated carbocycles. The summed E-state index contributed by atoms with van der Waals surface area (Å²) in [5.74, 6) is -2.20. The topological polar surface area (TPSA) is 178 Å². The molecular weight excluding hydrogens is 256 g/mol. The molecule has 1 aromatic rings. The van der Waals surface area contributed by atoms with Gasteiger partial charge in [-0.05, 0) is 9.83 Å². The van der Waals surface area contributed by atoms with Gasteiger partial charge >= 0.3 is 17.3 Å². The Labute approximate surface area is 97.3 Å². The number of hydrogen-bond acceptors (Lipinski definition) is 9. The van der Waals surface area contributed by atoms with E-state index in [0.29, 0.717) is 0 Å². The van der Waals surface area contributed by atoms with E-state index in [1.165, 1.54) is 0 Å². The van der Waals surface area contributed by atoms with Crippen molar-refractivity contribution in [3.63, 3.8) is 0 Å². The monoisotopic (exact) mass is 262 g/mol. The summed E-state index contributed by atoms with van der Waals surface area (Å²) in [5, 5.41) is 48.9. The number of nitrogens with zero attached hydrogens (tertiary/aromatic N) is 6. The number of aromatic nitrogens is 2. The van der Waals surface area contributed by atoms with Crippen molar-refractivity contribution in [1.29, 1.82) is 0 Å². The summed E-state index contributed by atoms with van der Waals surface area (Å²) in [4.78, 5) is 17.9. The van der Waals surface area contributed by atoms with Crippen LogP contribution in [0.25, 0.3) is 0 Å². The summed E-state index contributed by atoms with van der Waals surface area (Å²) in [6.45, 7) is 1.80. The van der Waals surface area contributed by atoms with Gasteiger partial charge in [-0.25, -0.2) is 0 Å². The molecule has 13 heteroatoms. The number of hydroxylamine groups is 1. The molecule has 18 heavy (non-hydrogen) atoms.